The van der Waals surface area contributed by atoms with E-state index >= 15 is 0 Å². The molecule has 10 heteroatoms. The van der Waals surface area contributed by atoms with E-state index in [1.165, 1.54) is 6.92 Å². The number of carbonyl (C=O) groups is 4. The summed E-state index contributed by atoms with van der Waals surface area (Å²) in [5.74, 6) is -4.02. The van der Waals surface area contributed by atoms with E-state index in [-0.39, 0.29) is 6.54 Å². The predicted molar refractivity (Wildman–Crippen MR) is 76.2 cm³/mol. The summed E-state index contributed by atoms with van der Waals surface area (Å²) in [7, 11) is 0. The van der Waals surface area contributed by atoms with Crippen LogP contribution in [0.2, 0.25) is 0 Å². The van der Waals surface area contributed by atoms with Gasteiger partial charge in [-0.2, -0.15) is 0 Å². The van der Waals surface area contributed by atoms with Gasteiger partial charge >= 0.3 is 11.9 Å². The van der Waals surface area contributed by atoms with Crippen LogP contribution in [0.5, 0.6) is 0 Å². The van der Waals surface area contributed by atoms with Gasteiger partial charge in [-0.15, -0.1) is 0 Å². The van der Waals surface area contributed by atoms with Crippen LogP contribution in [0.4, 0.5) is 0 Å². The Hall–Kier alpha value is -2.20. The first-order valence-corrected chi connectivity index (χ1v) is 7.14. The van der Waals surface area contributed by atoms with Crippen molar-refractivity contribution in [2.24, 2.45) is 5.73 Å². The van der Waals surface area contributed by atoms with Gasteiger partial charge in [0.1, 0.15) is 6.04 Å². The Balaban J connectivity index is 2.77. The lowest BCUT2D eigenvalue weighted by molar-refractivity contribution is -0.147. The number of carboxylic acids is 2. The van der Waals surface area contributed by atoms with E-state index in [2.05, 4.69) is 5.32 Å². The summed E-state index contributed by atoms with van der Waals surface area (Å²) in [5, 5.41) is 29.2. The molecule has 0 aromatic rings. The molecular formula is C13H21N3O7. The largest absolute Gasteiger partial charge is 0.481 e. The SMILES string of the molecule is C[C@@H](O)[C@H](NC(=O)[C@@H]1CCCN1C(=O)[C@@H](N)CC(=O)O)C(=O)O. The highest BCUT2D eigenvalue weighted by atomic mass is 16.4. The van der Waals surface area contributed by atoms with E-state index in [1.807, 2.05) is 0 Å². The minimum atomic E-state index is -1.49. The Morgan fingerprint density at radius 1 is 1.30 bits per heavy atom. The zero-order valence-electron chi connectivity index (χ0n) is 12.6. The van der Waals surface area contributed by atoms with E-state index in [1.54, 1.807) is 0 Å². The van der Waals surface area contributed by atoms with Gasteiger partial charge in [0, 0.05) is 6.54 Å². The van der Waals surface area contributed by atoms with Crippen LogP contribution >= 0.6 is 0 Å². The number of aliphatic hydroxyl groups is 1. The lowest BCUT2D eigenvalue weighted by Gasteiger charge is -2.27. The first-order valence-electron chi connectivity index (χ1n) is 7.14. The fourth-order valence-electron chi connectivity index (χ4n) is 2.43. The number of carbonyl (C=O) groups excluding carboxylic acids is 2. The lowest BCUT2D eigenvalue weighted by Crippen LogP contribution is -2.56. The van der Waals surface area contributed by atoms with E-state index in [9.17, 15) is 24.3 Å². The molecule has 1 saturated heterocycles. The molecule has 23 heavy (non-hydrogen) atoms. The molecule has 1 heterocycles. The number of hydrogen-bond acceptors (Lipinski definition) is 6. The second-order valence-corrected chi connectivity index (χ2v) is 5.46. The quantitative estimate of drug-likeness (QED) is 0.347. The molecule has 1 aliphatic heterocycles. The second kappa shape index (κ2) is 7.88. The molecule has 0 aromatic heterocycles. The van der Waals surface area contributed by atoms with Crippen molar-refractivity contribution in [3.8, 4) is 0 Å². The minimum absolute atomic E-state index is 0.233. The summed E-state index contributed by atoms with van der Waals surface area (Å²) in [4.78, 5) is 47.1. The first kappa shape index (κ1) is 18.8. The van der Waals surface area contributed by atoms with E-state index in [4.69, 9.17) is 15.9 Å². The molecule has 0 aromatic carbocycles. The standard InChI is InChI=1S/C13H21N3O7/c1-6(17)10(13(22)23)15-11(20)8-3-2-4-16(8)12(21)7(14)5-9(18)19/h6-8,10,17H,2-5,14H2,1H3,(H,15,20)(H,18,19)(H,22,23)/t6-,7+,8+,10+/m1/s1. The molecule has 0 bridgehead atoms. The van der Waals surface area contributed by atoms with Gasteiger partial charge in [-0.05, 0) is 19.8 Å². The van der Waals surface area contributed by atoms with Gasteiger partial charge in [0.15, 0.2) is 6.04 Å². The summed E-state index contributed by atoms with van der Waals surface area (Å²) in [6.45, 7) is 1.45. The van der Waals surface area contributed by atoms with E-state index in [0.717, 1.165) is 4.90 Å². The molecule has 0 radical (unpaired) electrons. The Morgan fingerprint density at radius 2 is 1.91 bits per heavy atom. The number of likely N-dealkylation sites (tertiary alicyclic amines) is 1. The average Bonchev–Trinajstić information content (AvgIpc) is 2.91. The fraction of sp³-hybridized carbons (Fsp3) is 0.692. The fourth-order valence-corrected chi connectivity index (χ4v) is 2.43. The molecule has 0 spiro atoms. The summed E-state index contributed by atoms with van der Waals surface area (Å²) in [5.41, 5.74) is 5.52. The molecule has 4 atom stereocenters. The molecule has 1 aliphatic rings. The Labute approximate surface area is 132 Å². The van der Waals surface area contributed by atoms with E-state index in [0.29, 0.717) is 12.8 Å². The highest BCUT2D eigenvalue weighted by molar-refractivity contribution is 5.93. The molecule has 1 rings (SSSR count). The number of rotatable bonds is 7. The number of aliphatic hydroxyl groups excluding tert-OH is 1. The van der Waals surface area contributed by atoms with Crippen molar-refractivity contribution >= 4 is 23.8 Å². The van der Waals surface area contributed by atoms with Crippen molar-refractivity contribution in [2.75, 3.05) is 6.54 Å². The Bertz CT molecular complexity index is 494. The van der Waals surface area contributed by atoms with Crippen LogP contribution < -0.4 is 11.1 Å². The average molecular weight is 331 g/mol. The van der Waals surface area contributed by atoms with Crippen LogP contribution in [0.15, 0.2) is 0 Å². The summed E-state index contributed by atoms with van der Waals surface area (Å²) in [6.07, 6.45) is -1.05. The van der Waals surface area contributed by atoms with Crippen molar-refractivity contribution < 1.29 is 34.5 Å². The van der Waals surface area contributed by atoms with Crippen molar-refractivity contribution in [3.63, 3.8) is 0 Å². The number of nitrogens with two attached hydrogens (primary N) is 1. The highest BCUT2D eigenvalue weighted by Gasteiger charge is 2.38. The molecule has 10 nitrogen and oxygen atoms in total. The number of carboxylic acid groups (broad SMARTS) is 2. The third-order valence-corrected chi connectivity index (χ3v) is 3.60. The minimum Gasteiger partial charge on any atom is -0.481 e. The summed E-state index contributed by atoms with van der Waals surface area (Å²) >= 11 is 0. The van der Waals surface area contributed by atoms with Crippen LogP contribution in [0, 0.1) is 0 Å². The number of hydrogen-bond donors (Lipinski definition) is 5. The second-order valence-electron chi connectivity index (χ2n) is 5.46. The van der Waals surface area contributed by atoms with Gasteiger partial charge in [-0.1, -0.05) is 0 Å². The summed E-state index contributed by atoms with van der Waals surface area (Å²) in [6, 6.07) is -3.69. The first-order chi connectivity index (χ1) is 10.6. The highest BCUT2D eigenvalue weighted by Crippen LogP contribution is 2.19. The smallest absolute Gasteiger partial charge is 0.328 e. The third kappa shape index (κ3) is 4.89. The zero-order chi connectivity index (χ0) is 17.7. The maximum Gasteiger partial charge on any atom is 0.328 e. The van der Waals surface area contributed by atoms with Crippen LogP contribution in [0.1, 0.15) is 26.2 Å². The number of nitrogens with zero attached hydrogens (tertiary/aromatic N) is 1. The normalized spacial score (nSPS) is 21.3. The zero-order valence-corrected chi connectivity index (χ0v) is 12.6. The van der Waals surface area contributed by atoms with Crippen LogP contribution in [-0.2, 0) is 19.2 Å². The maximum atomic E-state index is 12.2. The molecule has 1 fully saturated rings. The van der Waals surface area contributed by atoms with Gasteiger partial charge in [0.05, 0.1) is 18.6 Å². The lowest BCUT2D eigenvalue weighted by atomic mass is 10.1. The van der Waals surface area contributed by atoms with Crippen LogP contribution in [0.25, 0.3) is 0 Å². The maximum absolute atomic E-state index is 12.2. The van der Waals surface area contributed by atoms with Crippen LogP contribution in [0.3, 0.4) is 0 Å². The molecule has 130 valence electrons. The molecule has 6 N–H and O–H groups in total. The monoisotopic (exact) mass is 331 g/mol. The molecule has 2 amide bonds. The number of nitrogens with one attached hydrogen (secondary N) is 1. The van der Waals surface area contributed by atoms with Crippen LogP contribution in [-0.4, -0.2) is 74.7 Å². The van der Waals surface area contributed by atoms with Crippen molar-refractivity contribution in [2.45, 2.75) is 50.4 Å². The van der Waals surface area contributed by atoms with Gasteiger partial charge in [-0.25, -0.2) is 4.79 Å². The topological polar surface area (TPSA) is 170 Å². The Kier molecular flexibility index (Phi) is 6.46. The molecule has 0 aliphatic carbocycles. The van der Waals surface area contributed by atoms with Crippen molar-refractivity contribution in [3.05, 3.63) is 0 Å². The van der Waals surface area contributed by atoms with Crippen molar-refractivity contribution in [1.82, 2.24) is 10.2 Å². The van der Waals surface area contributed by atoms with Gasteiger partial charge < -0.3 is 31.3 Å². The number of amides is 2. The Morgan fingerprint density at radius 3 is 2.39 bits per heavy atom. The van der Waals surface area contributed by atoms with Gasteiger partial charge in [0.25, 0.3) is 0 Å². The predicted octanol–water partition coefficient (Wildman–Crippen LogP) is -2.27. The van der Waals surface area contributed by atoms with Gasteiger partial charge in [0.2, 0.25) is 11.8 Å². The molecular weight excluding hydrogens is 310 g/mol. The summed E-state index contributed by atoms with van der Waals surface area (Å²) < 4.78 is 0. The van der Waals surface area contributed by atoms with Crippen molar-refractivity contribution in [1.29, 1.82) is 0 Å². The number of aliphatic carboxylic acids is 2. The molecule has 0 saturated carbocycles. The molecule has 0 unspecified atom stereocenters. The third-order valence-electron chi connectivity index (χ3n) is 3.60. The van der Waals surface area contributed by atoms with E-state index < -0.39 is 54.4 Å². The van der Waals surface area contributed by atoms with Gasteiger partial charge in [-0.3, -0.25) is 14.4 Å².